The van der Waals surface area contributed by atoms with Gasteiger partial charge in [0.1, 0.15) is 5.75 Å². The second-order valence-corrected chi connectivity index (χ2v) is 5.10. The summed E-state index contributed by atoms with van der Waals surface area (Å²) in [7, 11) is 0. The van der Waals surface area contributed by atoms with Crippen molar-refractivity contribution in [3.63, 3.8) is 0 Å². The van der Waals surface area contributed by atoms with E-state index in [9.17, 15) is 5.11 Å². The minimum Gasteiger partial charge on any atom is -0.508 e. The Morgan fingerprint density at radius 2 is 1.88 bits per heavy atom. The van der Waals surface area contributed by atoms with Gasteiger partial charge in [0.15, 0.2) is 0 Å². The summed E-state index contributed by atoms with van der Waals surface area (Å²) in [6.45, 7) is 2.71. The van der Waals surface area contributed by atoms with E-state index in [1.165, 1.54) is 24.8 Å². The molecule has 0 aromatic heterocycles. The van der Waals surface area contributed by atoms with Crippen LogP contribution in [-0.4, -0.2) is 11.7 Å². The van der Waals surface area contributed by atoms with Gasteiger partial charge < -0.3 is 10.8 Å². The molecule has 0 atom stereocenters. The lowest BCUT2D eigenvalue weighted by molar-refractivity contribution is 0.299. The SMILES string of the molecule is Cc1cc(O)cc(C2(CN)CCCCC2)c1. The molecule has 2 nitrogen and oxygen atoms in total. The number of phenols is 1. The Bertz CT molecular complexity index is 347. The van der Waals surface area contributed by atoms with E-state index in [1.807, 2.05) is 13.0 Å². The molecule has 1 aliphatic rings. The number of nitrogens with two attached hydrogens (primary N) is 1. The van der Waals surface area contributed by atoms with Crippen LogP contribution in [0, 0.1) is 6.92 Å². The van der Waals surface area contributed by atoms with Crippen LogP contribution in [0.25, 0.3) is 0 Å². The largest absolute Gasteiger partial charge is 0.508 e. The second kappa shape index (κ2) is 4.46. The van der Waals surface area contributed by atoms with Crippen molar-refractivity contribution >= 4 is 0 Å². The second-order valence-electron chi connectivity index (χ2n) is 5.10. The summed E-state index contributed by atoms with van der Waals surface area (Å²) in [6, 6.07) is 5.87. The van der Waals surface area contributed by atoms with Crippen LogP contribution in [0.15, 0.2) is 18.2 Å². The molecule has 88 valence electrons. The van der Waals surface area contributed by atoms with Gasteiger partial charge in [0.25, 0.3) is 0 Å². The molecule has 0 radical (unpaired) electrons. The molecule has 1 aromatic rings. The van der Waals surface area contributed by atoms with Crippen LogP contribution in [0.4, 0.5) is 0 Å². The molecule has 0 aliphatic heterocycles. The minimum atomic E-state index is 0.113. The zero-order chi connectivity index (χ0) is 11.6. The number of aromatic hydroxyl groups is 1. The van der Waals surface area contributed by atoms with E-state index in [-0.39, 0.29) is 5.41 Å². The summed E-state index contributed by atoms with van der Waals surface area (Å²) in [5.74, 6) is 0.369. The highest BCUT2D eigenvalue weighted by atomic mass is 16.3. The lowest BCUT2D eigenvalue weighted by Crippen LogP contribution is -2.37. The van der Waals surface area contributed by atoms with Crippen LogP contribution in [0.5, 0.6) is 5.75 Å². The van der Waals surface area contributed by atoms with Crippen LogP contribution in [-0.2, 0) is 5.41 Å². The van der Waals surface area contributed by atoms with Gasteiger partial charge in [-0.15, -0.1) is 0 Å². The fourth-order valence-electron chi connectivity index (χ4n) is 2.91. The fraction of sp³-hybridized carbons (Fsp3) is 0.571. The maximum Gasteiger partial charge on any atom is 0.116 e. The summed E-state index contributed by atoms with van der Waals surface area (Å²) in [6.07, 6.45) is 6.15. The van der Waals surface area contributed by atoms with Crippen molar-refractivity contribution in [3.8, 4) is 5.75 Å². The van der Waals surface area contributed by atoms with Crippen LogP contribution in [0.3, 0.4) is 0 Å². The van der Waals surface area contributed by atoms with Gasteiger partial charge in [0.05, 0.1) is 0 Å². The Balaban J connectivity index is 2.38. The van der Waals surface area contributed by atoms with Crippen molar-refractivity contribution in [2.75, 3.05) is 6.54 Å². The predicted octanol–water partition coefficient (Wildman–Crippen LogP) is 2.86. The minimum absolute atomic E-state index is 0.113. The van der Waals surface area contributed by atoms with Crippen LogP contribution < -0.4 is 5.73 Å². The van der Waals surface area contributed by atoms with Crippen LogP contribution in [0.2, 0.25) is 0 Å². The number of phenolic OH excluding ortho intramolecular Hbond substituents is 1. The highest BCUT2D eigenvalue weighted by molar-refractivity contribution is 5.38. The smallest absolute Gasteiger partial charge is 0.116 e. The molecule has 0 unspecified atom stereocenters. The number of hydrogen-bond acceptors (Lipinski definition) is 2. The molecule has 2 heteroatoms. The first-order valence-electron chi connectivity index (χ1n) is 6.17. The first-order chi connectivity index (χ1) is 7.66. The Morgan fingerprint density at radius 1 is 1.19 bits per heavy atom. The standard InChI is InChI=1S/C14H21NO/c1-11-7-12(9-13(16)8-11)14(10-15)5-3-2-4-6-14/h7-9,16H,2-6,10,15H2,1H3. The fourth-order valence-corrected chi connectivity index (χ4v) is 2.91. The first-order valence-corrected chi connectivity index (χ1v) is 6.17. The maximum absolute atomic E-state index is 9.69. The number of aryl methyl sites for hydroxylation is 1. The van der Waals surface area contributed by atoms with Gasteiger partial charge in [-0.1, -0.05) is 25.3 Å². The summed E-state index contributed by atoms with van der Waals surface area (Å²) in [4.78, 5) is 0. The topological polar surface area (TPSA) is 46.2 Å². The zero-order valence-electron chi connectivity index (χ0n) is 10.00. The zero-order valence-corrected chi connectivity index (χ0v) is 10.00. The molecule has 1 aliphatic carbocycles. The number of benzene rings is 1. The third-order valence-corrected chi connectivity index (χ3v) is 3.88. The van der Waals surface area contributed by atoms with Crippen molar-refractivity contribution in [1.82, 2.24) is 0 Å². The van der Waals surface area contributed by atoms with E-state index in [0.29, 0.717) is 12.3 Å². The lowest BCUT2D eigenvalue weighted by Gasteiger charge is -2.37. The Kier molecular flexibility index (Phi) is 3.20. The lowest BCUT2D eigenvalue weighted by atomic mass is 9.69. The monoisotopic (exact) mass is 219 g/mol. The van der Waals surface area contributed by atoms with Crippen molar-refractivity contribution in [3.05, 3.63) is 29.3 Å². The van der Waals surface area contributed by atoms with Crippen molar-refractivity contribution in [2.45, 2.75) is 44.4 Å². The summed E-state index contributed by atoms with van der Waals surface area (Å²) in [5.41, 5.74) is 8.45. The molecular formula is C14H21NO. The summed E-state index contributed by atoms with van der Waals surface area (Å²) in [5, 5.41) is 9.69. The van der Waals surface area contributed by atoms with Crippen molar-refractivity contribution < 1.29 is 5.11 Å². The molecule has 0 amide bonds. The van der Waals surface area contributed by atoms with E-state index in [2.05, 4.69) is 6.07 Å². The van der Waals surface area contributed by atoms with Gasteiger partial charge >= 0.3 is 0 Å². The van der Waals surface area contributed by atoms with E-state index in [4.69, 9.17) is 5.73 Å². The molecule has 0 saturated heterocycles. The van der Waals surface area contributed by atoms with Crippen molar-refractivity contribution in [2.24, 2.45) is 5.73 Å². The summed E-state index contributed by atoms with van der Waals surface area (Å²) >= 11 is 0. The van der Waals surface area contributed by atoms with E-state index >= 15 is 0 Å². The van der Waals surface area contributed by atoms with Gasteiger partial charge in [-0.05, 0) is 43.0 Å². The highest BCUT2D eigenvalue weighted by Crippen LogP contribution is 2.39. The highest BCUT2D eigenvalue weighted by Gasteiger charge is 2.32. The molecule has 0 spiro atoms. The first kappa shape index (κ1) is 11.5. The van der Waals surface area contributed by atoms with Gasteiger partial charge in [-0.3, -0.25) is 0 Å². The van der Waals surface area contributed by atoms with Crippen LogP contribution >= 0.6 is 0 Å². The third-order valence-electron chi connectivity index (χ3n) is 3.88. The van der Waals surface area contributed by atoms with Gasteiger partial charge in [0, 0.05) is 12.0 Å². The quantitative estimate of drug-likeness (QED) is 0.803. The Hall–Kier alpha value is -1.02. The van der Waals surface area contributed by atoms with E-state index in [1.54, 1.807) is 6.07 Å². The normalized spacial score (nSPS) is 19.6. The van der Waals surface area contributed by atoms with Gasteiger partial charge in [0.2, 0.25) is 0 Å². The predicted molar refractivity (Wildman–Crippen MR) is 66.7 cm³/mol. The molecule has 1 saturated carbocycles. The van der Waals surface area contributed by atoms with Crippen LogP contribution in [0.1, 0.15) is 43.2 Å². The third kappa shape index (κ3) is 2.07. The molecule has 16 heavy (non-hydrogen) atoms. The summed E-state index contributed by atoms with van der Waals surface area (Å²) < 4.78 is 0. The molecular weight excluding hydrogens is 198 g/mol. The molecule has 1 fully saturated rings. The average molecular weight is 219 g/mol. The Labute approximate surface area is 97.5 Å². The molecule has 1 aromatic carbocycles. The maximum atomic E-state index is 9.69. The van der Waals surface area contributed by atoms with Gasteiger partial charge in [-0.25, -0.2) is 0 Å². The Morgan fingerprint density at radius 3 is 2.44 bits per heavy atom. The molecule has 3 N–H and O–H groups in total. The number of rotatable bonds is 2. The molecule has 2 rings (SSSR count). The van der Waals surface area contributed by atoms with Crippen molar-refractivity contribution in [1.29, 1.82) is 0 Å². The van der Waals surface area contributed by atoms with E-state index < -0.39 is 0 Å². The van der Waals surface area contributed by atoms with Gasteiger partial charge in [-0.2, -0.15) is 0 Å². The average Bonchev–Trinajstić information content (AvgIpc) is 2.28. The molecule has 0 bridgehead atoms. The number of hydrogen-bond donors (Lipinski definition) is 2. The molecule has 0 heterocycles. The van der Waals surface area contributed by atoms with E-state index in [0.717, 1.165) is 18.4 Å².